The van der Waals surface area contributed by atoms with E-state index in [0.717, 1.165) is 25.7 Å². The summed E-state index contributed by atoms with van der Waals surface area (Å²) in [6, 6.07) is -1.99. The zero-order valence-corrected chi connectivity index (χ0v) is 14.4. The smallest absolute Gasteiger partial charge is 0.245 e. The summed E-state index contributed by atoms with van der Waals surface area (Å²) in [6.45, 7) is 6.75. The van der Waals surface area contributed by atoms with Gasteiger partial charge in [0.05, 0.1) is 6.10 Å². The van der Waals surface area contributed by atoms with Crippen molar-refractivity contribution in [2.24, 2.45) is 17.1 Å². The Morgan fingerprint density at radius 3 is 2.04 bits per heavy atom. The first kappa shape index (κ1) is 19.4. The highest BCUT2D eigenvalue weighted by molar-refractivity contribution is 5.92. The fourth-order valence-corrected chi connectivity index (χ4v) is 2.81. The number of aliphatic hydroxyl groups excluding tert-OH is 1. The number of nitrogens with two attached hydrogens (primary N) is 1. The van der Waals surface area contributed by atoms with Gasteiger partial charge in [0.25, 0.3) is 0 Å². The van der Waals surface area contributed by atoms with Gasteiger partial charge in [-0.3, -0.25) is 14.4 Å². The molecule has 0 unspecified atom stereocenters. The Hall–Kier alpha value is -1.63. The molecule has 0 aliphatic heterocycles. The molecule has 0 aromatic heterocycles. The van der Waals surface area contributed by atoms with Gasteiger partial charge in [0.15, 0.2) is 0 Å². The van der Waals surface area contributed by atoms with Crippen LogP contribution < -0.4 is 16.4 Å². The van der Waals surface area contributed by atoms with Crippen LogP contribution in [0.3, 0.4) is 0 Å². The molecule has 132 valence electrons. The molecule has 7 heteroatoms. The molecule has 0 aromatic carbocycles. The largest absolute Gasteiger partial charge is 0.391 e. The molecule has 7 nitrogen and oxygen atoms in total. The second-order valence-corrected chi connectivity index (χ2v) is 7.42. The Kier molecular flexibility index (Phi) is 6.56. The summed E-state index contributed by atoms with van der Waals surface area (Å²) in [7, 11) is 0. The molecule has 1 aliphatic rings. The topological polar surface area (TPSA) is 122 Å². The van der Waals surface area contributed by atoms with Gasteiger partial charge in [-0.05, 0) is 25.2 Å². The SMILES string of the molecule is C[C@H](O)[C@H](NC(=O)C1CCCC1)C(=O)N[C@H](C(N)=O)C(C)(C)C. The van der Waals surface area contributed by atoms with Crippen LogP contribution in [-0.4, -0.2) is 41.0 Å². The fourth-order valence-electron chi connectivity index (χ4n) is 2.81. The summed E-state index contributed by atoms with van der Waals surface area (Å²) in [5.74, 6) is -1.60. The van der Waals surface area contributed by atoms with Gasteiger partial charge < -0.3 is 21.5 Å². The van der Waals surface area contributed by atoms with Crippen molar-refractivity contribution in [1.29, 1.82) is 0 Å². The van der Waals surface area contributed by atoms with Crippen LogP contribution >= 0.6 is 0 Å². The molecular formula is C16H29N3O4. The standard InChI is InChI=1S/C16H29N3O4/c1-9(20)11(18-14(22)10-7-5-6-8-10)15(23)19-12(13(17)21)16(2,3)4/h9-12,20H,5-8H2,1-4H3,(H2,17,21)(H,18,22)(H,19,23)/t9-,11-,12+/m0/s1. The number of hydrogen-bond acceptors (Lipinski definition) is 4. The van der Waals surface area contributed by atoms with E-state index >= 15 is 0 Å². The molecule has 1 aliphatic carbocycles. The third-order valence-electron chi connectivity index (χ3n) is 4.23. The Balaban J connectivity index is 2.77. The van der Waals surface area contributed by atoms with E-state index < -0.39 is 35.4 Å². The molecule has 1 fully saturated rings. The fraction of sp³-hybridized carbons (Fsp3) is 0.812. The summed E-state index contributed by atoms with van der Waals surface area (Å²) in [6.07, 6.45) is 2.51. The van der Waals surface area contributed by atoms with Crippen LogP contribution in [0.5, 0.6) is 0 Å². The predicted octanol–water partition coefficient (Wildman–Crippen LogP) is 0.0584. The van der Waals surface area contributed by atoms with E-state index in [1.54, 1.807) is 20.8 Å². The minimum absolute atomic E-state index is 0.112. The first-order valence-electron chi connectivity index (χ1n) is 8.12. The summed E-state index contributed by atoms with van der Waals surface area (Å²) >= 11 is 0. The maximum absolute atomic E-state index is 12.4. The third kappa shape index (κ3) is 5.49. The lowest BCUT2D eigenvalue weighted by molar-refractivity contribution is -0.136. The Morgan fingerprint density at radius 2 is 1.65 bits per heavy atom. The Bertz CT molecular complexity index is 451. The van der Waals surface area contributed by atoms with Gasteiger partial charge in [-0.2, -0.15) is 0 Å². The van der Waals surface area contributed by atoms with Gasteiger partial charge in [0.1, 0.15) is 12.1 Å². The Labute approximate surface area is 137 Å². The highest BCUT2D eigenvalue weighted by atomic mass is 16.3. The van der Waals surface area contributed by atoms with Crippen molar-refractivity contribution in [2.75, 3.05) is 0 Å². The zero-order chi connectivity index (χ0) is 17.8. The first-order valence-corrected chi connectivity index (χ1v) is 8.12. The van der Waals surface area contributed by atoms with Crippen molar-refractivity contribution in [2.45, 2.75) is 71.6 Å². The molecule has 0 radical (unpaired) electrons. The zero-order valence-electron chi connectivity index (χ0n) is 14.4. The minimum Gasteiger partial charge on any atom is -0.391 e. The van der Waals surface area contributed by atoms with Gasteiger partial charge in [0.2, 0.25) is 17.7 Å². The van der Waals surface area contributed by atoms with Gasteiger partial charge in [-0.15, -0.1) is 0 Å². The quantitative estimate of drug-likeness (QED) is 0.551. The summed E-state index contributed by atoms with van der Waals surface area (Å²) < 4.78 is 0. The second-order valence-electron chi connectivity index (χ2n) is 7.42. The number of carbonyl (C=O) groups excluding carboxylic acids is 3. The molecule has 0 heterocycles. The molecule has 3 atom stereocenters. The lowest BCUT2D eigenvalue weighted by atomic mass is 9.86. The van der Waals surface area contributed by atoms with E-state index in [2.05, 4.69) is 10.6 Å². The first-order chi connectivity index (χ1) is 10.5. The normalized spacial score (nSPS) is 19.7. The average molecular weight is 327 g/mol. The van der Waals surface area contributed by atoms with Gasteiger partial charge in [0, 0.05) is 5.92 Å². The molecule has 1 saturated carbocycles. The highest BCUT2D eigenvalue weighted by Crippen LogP contribution is 2.25. The Morgan fingerprint density at radius 1 is 1.13 bits per heavy atom. The van der Waals surface area contributed by atoms with Crippen molar-refractivity contribution >= 4 is 17.7 Å². The van der Waals surface area contributed by atoms with E-state index in [1.165, 1.54) is 6.92 Å². The number of rotatable bonds is 6. The predicted molar refractivity (Wildman–Crippen MR) is 86.1 cm³/mol. The van der Waals surface area contributed by atoms with Gasteiger partial charge >= 0.3 is 0 Å². The van der Waals surface area contributed by atoms with Crippen LogP contribution in [0, 0.1) is 11.3 Å². The summed E-state index contributed by atoms with van der Waals surface area (Å²) in [5.41, 5.74) is 4.78. The molecular weight excluding hydrogens is 298 g/mol. The number of primary amides is 1. The van der Waals surface area contributed by atoms with Crippen LogP contribution in [0.1, 0.15) is 53.4 Å². The molecule has 5 N–H and O–H groups in total. The van der Waals surface area contributed by atoms with E-state index in [9.17, 15) is 19.5 Å². The van der Waals surface area contributed by atoms with Crippen LogP contribution in [0.15, 0.2) is 0 Å². The van der Waals surface area contributed by atoms with E-state index in [4.69, 9.17) is 5.73 Å². The minimum atomic E-state index is -1.10. The number of aliphatic hydroxyl groups is 1. The van der Waals surface area contributed by atoms with E-state index in [-0.39, 0.29) is 11.8 Å². The van der Waals surface area contributed by atoms with Gasteiger partial charge in [-0.25, -0.2) is 0 Å². The summed E-state index contributed by atoms with van der Waals surface area (Å²) in [5, 5.41) is 15.0. The maximum Gasteiger partial charge on any atom is 0.245 e. The molecule has 0 saturated heterocycles. The second kappa shape index (κ2) is 7.77. The third-order valence-corrected chi connectivity index (χ3v) is 4.23. The molecule has 3 amide bonds. The monoisotopic (exact) mass is 327 g/mol. The lowest BCUT2D eigenvalue weighted by Crippen LogP contribution is -2.60. The molecule has 0 bridgehead atoms. The maximum atomic E-state index is 12.4. The molecule has 1 rings (SSSR count). The summed E-state index contributed by atoms with van der Waals surface area (Å²) in [4.78, 5) is 36.2. The number of hydrogen-bond donors (Lipinski definition) is 4. The van der Waals surface area contributed by atoms with E-state index in [0.29, 0.717) is 0 Å². The lowest BCUT2D eigenvalue weighted by Gasteiger charge is -2.31. The van der Waals surface area contributed by atoms with Gasteiger partial charge in [-0.1, -0.05) is 33.6 Å². The van der Waals surface area contributed by atoms with Crippen LogP contribution in [0.2, 0.25) is 0 Å². The molecule has 0 aromatic rings. The highest BCUT2D eigenvalue weighted by Gasteiger charge is 2.35. The van der Waals surface area contributed by atoms with Crippen molar-refractivity contribution in [1.82, 2.24) is 10.6 Å². The van der Waals surface area contributed by atoms with E-state index in [1.807, 2.05) is 0 Å². The number of amides is 3. The number of carbonyl (C=O) groups is 3. The van der Waals surface area contributed by atoms with Crippen LogP contribution in [0.25, 0.3) is 0 Å². The van der Waals surface area contributed by atoms with Crippen molar-refractivity contribution in [3.05, 3.63) is 0 Å². The van der Waals surface area contributed by atoms with Crippen molar-refractivity contribution in [3.8, 4) is 0 Å². The molecule has 23 heavy (non-hydrogen) atoms. The number of nitrogens with one attached hydrogen (secondary N) is 2. The van der Waals surface area contributed by atoms with Crippen molar-refractivity contribution in [3.63, 3.8) is 0 Å². The average Bonchev–Trinajstić information content (AvgIpc) is 2.93. The van der Waals surface area contributed by atoms with Crippen LogP contribution in [0.4, 0.5) is 0 Å². The molecule has 0 spiro atoms. The van der Waals surface area contributed by atoms with Crippen molar-refractivity contribution < 1.29 is 19.5 Å². The van der Waals surface area contributed by atoms with Crippen LogP contribution in [-0.2, 0) is 14.4 Å².